The van der Waals surface area contributed by atoms with Gasteiger partial charge in [0.05, 0.1) is 0 Å². The van der Waals surface area contributed by atoms with Crippen molar-refractivity contribution in [3.63, 3.8) is 0 Å². The number of carbonyl (C=O) groups is 2. The van der Waals surface area contributed by atoms with Gasteiger partial charge in [-0.25, -0.2) is 0 Å². The maximum Gasteiger partial charge on any atom is 0.252 e. The van der Waals surface area contributed by atoms with E-state index in [0.29, 0.717) is 30.3 Å². The summed E-state index contributed by atoms with van der Waals surface area (Å²) in [5.74, 6) is 0.882. The quantitative estimate of drug-likeness (QED) is 0.821. The normalized spacial score (nSPS) is 28.5. The zero-order valence-corrected chi connectivity index (χ0v) is 16.6. The van der Waals surface area contributed by atoms with E-state index >= 15 is 0 Å². The van der Waals surface area contributed by atoms with Crippen molar-refractivity contribution in [3.8, 4) is 0 Å². The molecule has 2 amide bonds. The zero-order chi connectivity index (χ0) is 17.2. The van der Waals surface area contributed by atoms with Crippen LogP contribution in [0.1, 0.15) is 55.3 Å². The molecule has 3 fully saturated rings. The molecule has 1 aromatic heterocycles. The van der Waals surface area contributed by atoms with Gasteiger partial charge in [-0.15, -0.1) is 12.4 Å². The monoisotopic (exact) mass is 397 g/mol. The lowest BCUT2D eigenvalue weighted by molar-refractivity contribution is -0.133. The van der Waals surface area contributed by atoms with E-state index in [1.165, 1.54) is 24.2 Å². The van der Waals surface area contributed by atoms with E-state index in [0.717, 1.165) is 44.3 Å². The first-order valence-electron chi connectivity index (χ1n) is 9.54. The molecule has 4 heterocycles. The minimum absolute atomic E-state index is 0. The van der Waals surface area contributed by atoms with E-state index < -0.39 is 0 Å². The molecule has 144 valence electrons. The smallest absolute Gasteiger partial charge is 0.252 e. The van der Waals surface area contributed by atoms with Crippen molar-refractivity contribution in [3.05, 3.63) is 22.4 Å². The Balaban J connectivity index is 0.00000196. The van der Waals surface area contributed by atoms with Gasteiger partial charge in [-0.05, 0) is 55.9 Å². The number of fused-ring (bicyclic) bond motifs is 2. The minimum Gasteiger partial charge on any atom is -0.349 e. The Morgan fingerprint density at radius 1 is 1.15 bits per heavy atom. The summed E-state index contributed by atoms with van der Waals surface area (Å²) in [4.78, 5) is 26.8. The second kappa shape index (κ2) is 8.72. The fourth-order valence-electron chi connectivity index (χ4n) is 4.65. The summed E-state index contributed by atoms with van der Waals surface area (Å²) in [5.41, 5.74) is 0.740. The van der Waals surface area contributed by atoms with Gasteiger partial charge < -0.3 is 15.5 Å². The van der Waals surface area contributed by atoms with Crippen molar-refractivity contribution in [1.29, 1.82) is 0 Å². The number of carbonyl (C=O) groups excluding carboxylic acids is 2. The molecule has 7 heteroatoms. The molecular formula is C19H28ClN3O2S. The fourth-order valence-corrected chi connectivity index (χ4v) is 5.29. The van der Waals surface area contributed by atoms with Crippen LogP contribution in [0.5, 0.6) is 0 Å². The number of halogens is 1. The third-order valence-corrected chi connectivity index (χ3v) is 6.68. The van der Waals surface area contributed by atoms with Crippen LogP contribution < -0.4 is 10.6 Å². The minimum atomic E-state index is 0. The highest BCUT2D eigenvalue weighted by Crippen LogP contribution is 2.33. The third kappa shape index (κ3) is 4.59. The molecule has 3 saturated heterocycles. The lowest BCUT2D eigenvalue weighted by atomic mass is 9.89. The van der Waals surface area contributed by atoms with Crippen molar-refractivity contribution in [2.75, 3.05) is 13.1 Å². The molecule has 5 nitrogen and oxygen atoms in total. The van der Waals surface area contributed by atoms with Crippen molar-refractivity contribution < 1.29 is 9.59 Å². The van der Waals surface area contributed by atoms with Crippen molar-refractivity contribution in [2.45, 2.75) is 63.1 Å². The molecule has 3 aliphatic rings. The number of likely N-dealkylation sites (tertiary alicyclic amines) is 1. The summed E-state index contributed by atoms with van der Waals surface area (Å²) < 4.78 is 0. The largest absolute Gasteiger partial charge is 0.349 e. The summed E-state index contributed by atoms with van der Waals surface area (Å²) in [6.07, 6.45) is 7.32. The number of nitrogens with one attached hydrogen (secondary N) is 2. The molecule has 4 rings (SSSR count). The standard InChI is InChI=1S/C19H27N3O2S.ClH/c23-18(11-13-9-16-1-2-17(10-13)20-16)22-6-3-15(4-7-22)21-19(24)14-5-8-25-12-14;/h5,8,12-13,15-17,20H,1-4,6-7,9-11H2,(H,21,24);1H. The first-order chi connectivity index (χ1) is 12.2. The topological polar surface area (TPSA) is 61.4 Å². The second-order valence-electron chi connectivity index (χ2n) is 7.82. The number of nitrogens with zero attached hydrogens (tertiary/aromatic N) is 1. The first-order valence-corrected chi connectivity index (χ1v) is 10.5. The van der Waals surface area contributed by atoms with E-state index in [-0.39, 0.29) is 24.4 Å². The predicted octanol–water partition coefficient (Wildman–Crippen LogP) is 2.81. The summed E-state index contributed by atoms with van der Waals surface area (Å²) in [6, 6.07) is 3.33. The third-order valence-electron chi connectivity index (χ3n) is 6.00. The number of piperidine rings is 2. The molecule has 0 spiro atoms. The van der Waals surface area contributed by atoms with E-state index in [2.05, 4.69) is 10.6 Å². The zero-order valence-electron chi connectivity index (χ0n) is 15.0. The van der Waals surface area contributed by atoms with E-state index in [9.17, 15) is 9.59 Å². The second-order valence-corrected chi connectivity index (χ2v) is 8.60. The Bertz CT molecular complexity index is 604. The molecule has 0 radical (unpaired) electrons. The molecule has 2 unspecified atom stereocenters. The lowest BCUT2D eigenvalue weighted by Crippen LogP contribution is -2.47. The molecular weight excluding hydrogens is 370 g/mol. The molecule has 0 saturated carbocycles. The van der Waals surface area contributed by atoms with Gasteiger partial charge in [-0.1, -0.05) is 0 Å². The first kappa shape index (κ1) is 19.6. The van der Waals surface area contributed by atoms with E-state index in [4.69, 9.17) is 0 Å². The van der Waals surface area contributed by atoms with E-state index in [1.54, 1.807) is 0 Å². The maximum absolute atomic E-state index is 12.6. The van der Waals surface area contributed by atoms with Crippen LogP contribution in [0.2, 0.25) is 0 Å². The van der Waals surface area contributed by atoms with Crippen LogP contribution in [-0.2, 0) is 4.79 Å². The molecule has 26 heavy (non-hydrogen) atoms. The Morgan fingerprint density at radius 3 is 2.46 bits per heavy atom. The van der Waals surface area contributed by atoms with Crippen molar-refractivity contribution >= 4 is 35.6 Å². The van der Waals surface area contributed by atoms with Crippen LogP contribution in [0, 0.1) is 5.92 Å². The van der Waals surface area contributed by atoms with Crippen molar-refractivity contribution in [2.24, 2.45) is 5.92 Å². The highest BCUT2D eigenvalue weighted by Gasteiger charge is 2.35. The van der Waals surface area contributed by atoms with Gasteiger partial charge in [-0.2, -0.15) is 11.3 Å². The highest BCUT2D eigenvalue weighted by atomic mass is 35.5. The number of rotatable bonds is 4. The number of hydrogen-bond acceptors (Lipinski definition) is 4. The summed E-state index contributed by atoms with van der Waals surface area (Å²) >= 11 is 1.54. The average Bonchev–Trinajstić information content (AvgIpc) is 3.25. The molecule has 0 aromatic carbocycles. The number of thiophene rings is 1. The van der Waals surface area contributed by atoms with Crippen LogP contribution >= 0.6 is 23.7 Å². The summed E-state index contributed by atoms with van der Waals surface area (Å²) in [6.45, 7) is 1.54. The van der Waals surface area contributed by atoms with Gasteiger partial charge in [-0.3, -0.25) is 9.59 Å². The Kier molecular flexibility index (Phi) is 6.59. The van der Waals surface area contributed by atoms with Crippen LogP contribution in [0.3, 0.4) is 0 Å². The predicted molar refractivity (Wildman–Crippen MR) is 106 cm³/mol. The van der Waals surface area contributed by atoms with Crippen molar-refractivity contribution in [1.82, 2.24) is 15.5 Å². The Labute approximate surface area is 165 Å². The van der Waals surface area contributed by atoms with Gasteiger partial charge >= 0.3 is 0 Å². The molecule has 0 aliphatic carbocycles. The molecule has 3 aliphatic heterocycles. The van der Waals surface area contributed by atoms with Crippen LogP contribution in [0.15, 0.2) is 16.8 Å². The average molecular weight is 398 g/mol. The number of amides is 2. The fraction of sp³-hybridized carbons (Fsp3) is 0.684. The van der Waals surface area contributed by atoms with Gasteiger partial charge in [0.25, 0.3) is 5.91 Å². The molecule has 2 N–H and O–H groups in total. The van der Waals surface area contributed by atoms with Gasteiger partial charge in [0.15, 0.2) is 0 Å². The van der Waals surface area contributed by atoms with Gasteiger partial charge in [0.1, 0.15) is 0 Å². The van der Waals surface area contributed by atoms with Crippen LogP contribution in [-0.4, -0.2) is 47.9 Å². The summed E-state index contributed by atoms with van der Waals surface area (Å²) in [5, 5.41) is 10.5. The highest BCUT2D eigenvalue weighted by molar-refractivity contribution is 7.08. The van der Waals surface area contributed by atoms with Gasteiger partial charge in [0.2, 0.25) is 5.91 Å². The van der Waals surface area contributed by atoms with E-state index in [1.807, 2.05) is 21.7 Å². The summed E-state index contributed by atoms with van der Waals surface area (Å²) in [7, 11) is 0. The molecule has 1 aromatic rings. The van der Waals surface area contributed by atoms with Gasteiger partial charge in [0, 0.05) is 48.6 Å². The lowest BCUT2D eigenvalue weighted by Gasteiger charge is -2.34. The molecule has 2 bridgehead atoms. The Hall–Kier alpha value is -1.11. The molecule has 2 atom stereocenters. The maximum atomic E-state index is 12.6. The number of hydrogen-bond donors (Lipinski definition) is 2. The van der Waals surface area contributed by atoms with Crippen LogP contribution in [0.25, 0.3) is 0 Å². The Morgan fingerprint density at radius 2 is 1.85 bits per heavy atom. The SMILES string of the molecule is Cl.O=C(NC1CCN(C(=O)CC2CC3CCC(C2)N3)CC1)c1ccsc1. The van der Waals surface area contributed by atoms with Crippen LogP contribution in [0.4, 0.5) is 0 Å².